The third kappa shape index (κ3) is 3.52. The van der Waals surface area contributed by atoms with Gasteiger partial charge in [-0.3, -0.25) is 0 Å². The van der Waals surface area contributed by atoms with E-state index in [4.69, 9.17) is 0 Å². The predicted molar refractivity (Wildman–Crippen MR) is 104 cm³/mol. The number of carboxylic acid groups (broad SMARTS) is 1. The largest absolute Gasteiger partial charge is 0.478 e. The van der Waals surface area contributed by atoms with Crippen LogP contribution < -0.4 is 0 Å². The number of rotatable bonds is 5. The average molecular weight is 455 g/mol. The number of aromatic nitrogens is 1. The maximum Gasteiger partial charge on any atom is 0.336 e. The molecule has 0 aliphatic rings. The highest BCUT2D eigenvalue weighted by Gasteiger charge is 2.27. The number of thiazole rings is 1. The second-order valence-corrected chi connectivity index (χ2v) is 9.76. The second-order valence-electron chi connectivity index (χ2n) is 5.72. The maximum atomic E-state index is 13.0. The van der Waals surface area contributed by atoms with E-state index in [1.165, 1.54) is 41.7 Å². The third-order valence-corrected chi connectivity index (χ3v) is 7.35. The molecule has 6 nitrogen and oxygen atoms in total. The van der Waals surface area contributed by atoms with Crippen molar-refractivity contribution in [3.05, 3.63) is 57.0 Å². The quantitative estimate of drug-likeness (QED) is 0.631. The normalized spacial score (nSPS) is 12.0. The van der Waals surface area contributed by atoms with E-state index in [1.54, 1.807) is 0 Å². The summed E-state index contributed by atoms with van der Waals surface area (Å²) in [5.41, 5.74) is 0.980. The molecule has 1 N–H and O–H groups in total. The van der Waals surface area contributed by atoms with Gasteiger partial charge in [-0.1, -0.05) is 28.1 Å². The zero-order valence-corrected chi connectivity index (χ0v) is 17.2. The Balaban J connectivity index is 1.98. The van der Waals surface area contributed by atoms with Crippen LogP contribution in [0, 0.1) is 6.92 Å². The summed E-state index contributed by atoms with van der Waals surface area (Å²) in [6.45, 7) is 1.60. The SMILES string of the molecule is Cc1c(C(=O)O)cc(Br)cc1S(=O)(=O)N(C)Cc1nc2ccccc2s1. The van der Waals surface area contributed by atoms with E-state index < -0.39 is 16.0 Å². The molecule has 1 heterocycles. The lowest BCUT2D eigenvalue weighted by molar-refractivity contribution is 0.0695. The van der Waals surface area contributed by atoms with Crippen molar-refractivity contribution in [2.75, 3.05) is 7.05 Å². The van der Waals surface area contributed by atoms with Crippen LogP contribution in [0.2, 0.25) is 0 Å². The van der Waals surface area contributed by atoms with Gasteiger partial charge in [0.2, 0.25) is 10.0 Å². The summed E-state index contributed by atoms with van der Waals surface area (Å²) in [7, 11) is -2.42. The Morgan fingerprint density at radius 2 is 2.00 bits per heavy atom. The van der Waals surface area contributed by atoms with Crippen molar-refractivity contribution in [2.45, 2.75) is 18.4 Å². The van der Waals surface area contributed by atoms with Crippen molar-refractivity contribution in [3.8, 4) is 0 Å². The summed E-state index contributed by atoms with van der Waals surface area (Å²) in [5, 5.41) is 9.97. The molecular weight excluding hydrogens is 440 g/mol. The number of fused-ring (bicyclic) bond motifs is 1. The lowest BCUT2D eigenvalue weighted by Gasteiger charge is -2.18. The molecule has 0 amide bonds. The van der Waals surface area contributed by atoms with E-state index in [2.05, 4.69) is 20.9 Å². The molecule has 0 saturated carbocycles. The van der Waals surface area contributed by atoms with Gasteiger partial charge < -0.3 is 5.11 Å². The molecule has 0 bridgehead atoms. The zero-order valence-electron chi connectivity index (χ0n) is 13.9. The summed E-state index contributed by atoms with van der Waals surface area (Å²) in [6.07, 6.45) is 0. The van der Waals surface area contributed by atoms with Gasteiger partial charge in [0.15, 0.2) is 0 Å². The highest BCUT2D eigenvalue weighted by Crippen LogP contribution is 2.29. The van der Waals surface area contributed by atoms with Crippen LogP contribution in [0.1, 0.15) is 20.9 Å². The van der Waals surface area contributed by atoms with Gasteiger partial charge in [0.1, 0.15) is 5.01 Å². The van der Waals surface area contributed by atoms with E-state index in [1.807, 2.05) is 24.3 Å². The Labute approximate surface area is 163 Å². The van der Waals surface area contributed by atoms with Crippen molar-refractivity contribution < 1.29 is 18.3 Å². The van der Waals surface area contributed by atoms with Crippen molar-refractivity contribution >= 4 is 53.5 Å². The molecule has 9 heteroatoms. The molecule has 0 spiro atoms. The molecule has 0 saturated heterocycles. The van der Waals surface area contributed by atoms with Gasteiger partial charge in [-0.05, 0) is 36.8 Å². The molecular formula is C17H15BrN2O4S2. The first-order valence-electron chi connectivity index (χ1n) is 7.54. The molecule has 136 valence electrons. The monoisotopic (exact) mass is 454 g/mol. The molecule has 0 aliphatic heterocycles. The number of sulfonamides is 1. The number of halogens is 1. The van der Waals surface area contributed by atoms with Crippen molar-refractivity contribution in [1.29, 1.82) is 0 Å². The van der Waals surface area contributed by atoms with E-state index in [-0.39, 0.29) is 22.6 Å². The van der Waals surface area contributed by atoms with Gasteiger partial charge in [-0.2, -0.15) is 4.31 Å². The van der Waals surface area contributed by atoms with E-state index in [0.717, 1.165) is 10.2 Å². The van der Waals surface area contributed by atoms with Crippen molar-refractivity contribution in [1.82, 2.24) is 9.29 Å². The number of aromatic carboxylic acids is 1. The van der Waals surface area contributed by atoms with E-state index in [0.29, 0.717) is 9.48 Å². The Hall–Kier alpha value is -1.81. The fraction of sp³-hybridized carbons (Fsp3) is 0.176. The van der Waals surface area contributed by atoms with Crippen molar-refractivity contribution in [2.24, 2.45) is 0 Å². The van der Waals surface area contributed by atoms with Crippen LogP contribution in [-0.2, 0) is 16.6 Å². The van der Waals surface area contributed by atoms with Crippen LogP contribution in [0.4, 0.5) is 0 Å². The topological polar surface area (TPSA) is 87.6 Å². The Kier molecular flexibility index (Phi) is 5.16. The molecule has 26 heavy (non-hydrogen) atoms. The first kappa shape index (κ1) is 19.0. The van der Waals surface area contributed by atoms with Crippen LogP contribution in [0.3, 0.4) is 0 Å². The second kappa shape index (κ2) is 7.07. The fourth-order valence-corrected chi connectivity index (χ4v) is 5.69. The standard InChI is InChI=1S/C17H15BrN2O4S2/c1-10-12(17(21)22)7-11(18)8-15(10)26(23,24)20(2)9-16-19-13-5-3-4-6-14(13)25-16/h3-8H,9H2,1-2H3,(H,21,22). The first-order chi connectivity index (χ1) is 12.2. The Bertz CT molecular complexity index is 1080. The molecule has 0 atom stereocenters. The van der Waals surface area contributed by atoms with E-state index >= 15 is 0 Å². The van der Waals surface area contributed by atoms with Crippen LogP contribution in [0.25, 0.3) is 10.2 Å². The number of hydrogen-bond acceptors (Lipinski definition) is 5. The fourth-order valence-electron chi connectivity index (χ4n) is 2.58. The van der Waals surface area contributed by atoms with Crippen LogP contribution in [0.15, 0.2) is 45.8 Å². The minimum atomic E-state index is -3.88. The highest BCUT2D eigenvalue weighted by molar-refractivity contribution is 9.10. The Morgan fingerprint density at radius 1 is 1.31 bits per heavy atom. The highest BCUT2D eigenvalue weighted by atomic mass is 79.9. The molecule has 0 aliphatic carbocycles. The van der Waals surface area contributed by atoms with Gasteiger partial charge in [0.25, 0.3) is 0 Å². The molecule has 3 rings (SSSR count). The number of carbonyl (C=O) groups is 1. The number of hydrogen-bond donors (Lipinski definition) is 1. The molecule has 1 aromatic heterocycles. The lowest BCUT2D eigenvalue weighted by atomic mass is 10.1. The minimum Gasteiger partial charge on any atom is -0.478 e. The van der Waals surface area contributed by atoms with Gasteiger partial charge in [-0.15, -0.1) is 11.3 Å². The van der Waals surface area contributed by atoms with Crippen LogP contribution >= 0.6 is 27.3 Å². The van der Waals surface area contributed by atoms with Gasteiger partial charge in [-0.25, -0.2) is 18.2 Å². The molecule has 0 radical (unpaired) electrons. The average Bonchev–Trinajstić information content (AvgIpc) is 2.98. The smallest absolute Gasteiger partial charge is 0.336 e. The number of benzene rings is 2. The summed E-state index contributed by atoms with van der Waals surface area (Å²) >= 11 is 4.62. The van der Waals surface area contributed by atoms with Gasteiger partial charge in [0, 0.05) is 11.5 Å². The lowest BCUT2D eigenvalue weighted by Crippen LogP contribution is -2.27. The van der Waals surface area contributed by atoms with E-state index in [9.17, 15) is 18.3 Å². The van der Waals surface area contributed by atoms with Crippen molar-refractivity contribution in [3.63, 3.8) is 0 Å². The van der Waals surface area contributed by atoms with Gasteiger partial charge in [0.05, 0.1) is 27.2 Å². The summed E-state index contributed by atoms with van der Waals surface area (Å²) < 4.78 is 28.5. The predicted octanol–water partition coefficient (Wildman–Crippen LogP) is 3.89. The first-order valence-corrected chi connectivity index (χ1v) is 10.6. The molecule has 0 fully saturated rings. The summed E-state index contributed by atoms with van der Waals surface area (Å²) in [5.74, 6) is -1.17. The number of para-hydroxylation sites is 1. The summed E-state index contributed by atoms with van der Waals surface area (Å²) in [6, 6.07) is 10.4. The van der Waals surface area contributed by atoms with Crippen LogP contribution in [-0.4, -0.2) is 35.8 Å². The third-order valence-electron chi connectivity index (χ3n) is 3.94. The summed E-state index contributed by atoms with van der Waals surface area (Å²) in [4.78, 5) is 15.8. The number of nitrogens with zero attached hydrogens (tertiary/aromatic N) is 2. The molecule has 0 unspecified atom stereocenters. The van der Waals surface area contributed by atoms with Crippen LogP contribution in [0.5, 0.6) is 0 Å². The minimum absolute atomic E-state index is 0.0344. The number of carboxylic acids is 1. The Morgan fingerprint density at radius 3 is 2.65 bits per heavy atom. The molecule has 3 aromatic rings. The molecule has 2 aromatic carbocycles. The zero-order chi connectivity index (χ0) is 19.1. The van der Waals surface area contributed by atoms with Gasteiger partial charge >= 0.3 is 5.97 Å². The maximum absolute atomic E-state index is 13.0.